The number of sulfonamides is 1. The van der Waals surface area contributed by atoms with Crippen LogP contribution in [0.15, 0.2) is 23.1 Å². The summed E-state index contributed by atoms with van der Waals surface area (Å²) in [5.74, 6) is -0.572. The normalized spacial score (nSPS) is 14.2. The second-order valence-electron chi connectivity index (χ2n) is 6.64. The summed E-state index contributed by atoms with van der Waals surface area (Å²) in [6, 6.07) is 4.11. The highest BCUT2D eigenvalue weighted by Gasteiger charge is 2.30. The Morgan fingerprint density at radius 3 is 2.50 bits per heavy atom. The number of carbonyl (C=O) groups excluding carboxylic acids is 2. The van der Waals surface area contributed by atoms with Crippen LogP contribution >= 0.6 is 0 Å². The van der Waals surface area contributed by atoms with Gasteiger partial charge in [0.15, 0.2) is 0 Å². The Bertz CT molecular complexity index is 788. The number of amides is 2. The van der Waals surface area contributed by atoms with Gasteiger partial charge in [-0.25, -0.2) is 13.1 Å². The quantitative estimate of drug-likeness (QED) is 0.689. The summed E-state index contributed by atoms with van der Waals surface area (Å²) in [5.41, 5.74) is 0.168. The summed E-state index contributed by atoms with van der Waals surface area (Å²) in [4.78, 5) is 25.5. The maximum Gasteiger partial charge on any atom is 0.254 e. The number of carbonyl (C=O) groups is 2. The van der Waals surface area contributed by atoms with Gasteiger partial charge in [-0.05, 0) is 44.9 Å². The molecular weight excluding hydrogens is 358 g/mol. The first-order valence-corrected chi connectivity index (χ1v) is 9.87. The molecule has 2 rings (SSSR count). The lowest BCUT2D eigenvalue weighted by Crippen LogP contribution is -2.40. The first kappa shape index (κ1) is 20.2. The van der Waals surface area contributed by atoms with E-state index in [0.29, 0.717) is 0 Å². The van der Waals surface area contributed by atoms with E-state index in [0.717, 1.165) is 12.8 Å². The van der Waals surface area contributed by atoms with Crippen LogP contribution in [0.3, 0.4) is 0 Å². The third-order valence-electron chi connectivity index (χ3n) is 3.78. The lowest BCUT2D eigenvalue weighted by Gasteiger charge is -2.19. The summed E-state index contributed by atoms with van der Waals surface area (Å²) >= 11 is 0. The zero-order valence-corrected chi connectivity index (χ0v) is 16.2. The largest absolute Gasteiger partial charge is 0.495 e. The molecule has 1 aromatic carbocycles. The molecule has 0 bridgehead atoms. The summed E-state index contributed by atoms with van der Waals surface area (Å²) in [5, 5.41) is 2.70. The van der Waals surface area contributed by atoms with Crippen LogP contribution in [0.25, 0.3) is 0 Å². The second kappa shape index (κ2) is 8.05. The first-order valence-electron chi connectivity index (χ1n) is 8.39. The predicted octanol–water partition coefficient (Wildman–Crippen LogP) is 0.733. The predicted molar refractivity (Wildman–Crippen MR) is 96.6 cm³/mol. The smallest absolute Gasteiger partial charge is 0.254 e. The average Bonchev–Trinajstić information content (AvgIpc) is 3.35. The molecule has 8 nitrogen and oxygen atoms in total. The minimum atomic E-state index is -3.79. The molecule has 0 unspecified atom stereocenters. The Hall–Kier alpha value is -2.13. The molecule has 9 heteroatoms. The van der Waals surface area contributed by atoms with Crippen molar-refractivity contribution in [2.45, 2.75) is 43.7 Å². The molecule has 0 atom stereocenters. The highest BCUT2D eigenvalue weighted by atomic mass is 32.2. The van der Waals surface area contributed by atoms with Gasteiger partial charge in [0.1, 0.15) is 10.6 Å². The average molecular weight is 383 g/mol. The Morgan fingerprint density at radius 2 is 1.96 bits per heavy atom. The van der Waals surface area contributed by atoms with Crippen molar-refractivity contribution in [2.24, 2.45) is 0 Å². The lowest BCUT2D eigenvalue weighted by atomic mass is 10.2. The molecule has 26 heavy (non-hydrogen) atoms. The van der Waals surface area contributed by atoms with Gasteiger partial charge in [0.2, 0.25) is 15.9 Å². The molecule has 0 radical (unpaired) electrons. The number of hydrogen-bond donors (Lipinski definition) is 2. The Kier molecular flexibility index (Phi) is 6.25. The molecule has 1 saturated carbocycles. The van der Waals surface area contributed by atoms with Crippen molar-refractivity contribution < 1.29 is 22.7 Å². The topological polar surface area (TPSA) is 105 Å². The van der Waals surface area contributed by atoms with Gasteiger partial charge < -0.3 is 15.0 Å². The fourth-order valence-corrected chi connectivity index (χ4v) is 3.88. The Labute approximate surface area is 153 Å². The molecule has 1 aromatic rings. The fourth-order valence-electron chi connectivity index (χ4n) is 2.38. The summed E-state index contributed by atoms with van der Waals surface area (Å²) in [7, 11) is -0.926. The van der Waals surface area contributed by atoms with Gasteiger partial charge in [0.25, 0.3) is 5.91 Å². The van der Waals surface area contributed by atoms with E-state index in [2.05, 4.69) is 10.0 Å². The zero-order valence-electron chi connectivity index (χ0n) is 15.4. The third-order valence-corrected chi connectivity index (χ3v) is 5.32. The van der Waals surface area contributed by atoms with Crippen LogP contribution in [0.2, 0.25) is 0 Å². The monoisotopic (exact) mass is 383 g/mol. The van der Waals surface area contributed by atoms with E-state index >= 15 is 0 Å². The second-order valence-corrected chi connectivity index (χ2v) is 8.33. The van der Waals surface area contributed by atoms with Crippen LogP contribution in [0, 0.1) is 0 Å². The number of nitrogens with zero attached hydrogens (tertiary/aromatic N) is 1. The van der Waals surface area contributed by atoms with Gasteiger partial charge >= 0.3 is 0 Å². The molecule has 2 amide bonds. The molecule has 2 N–H and O–H groups in total. The van der Waals surface area contributed by atoms with Crippen LogP contribution in [0.4, 0.5) is 0 Å². The minimum absolute atomic E-state index is 0.0303. The van der Waals surface area contributed by atoms with Crippen molar-refractivity contribution in [2.75, 3.05) is 20.7 Å². The Morgan fingerprint density at radius 1 is 1.31 bits per heavy atom. The van der Waals surface area contributed by atoms with E-state index in [1.54, 1.807) is 0 Å². The number of benzene rings is 1. The van der Waals surface area contributed by atoms with Crippen molar-refractivity contribution >= 4 is 21.8 Å². The fraction of sp³-hybridized carbons (Fsp3) is 0.529. The SMILES string of the molecule is COc1ccc(C(=O)N(C)CC(=O)NC(C)C)cc1S(=O)(=O)NC1CC1. The number of likely N-dealkylation sites (N-methyl/N-ethyl adjacent to an activating group) is 1. The van der Waals surface area contributed by atoms with Gasteiger partial charge in [-0.3, -0.25) is 9.59 Å². The van der Waals surface area contributed by atoms with Crippen molar-refractivity contribution in [3.63, 3.8) is 0 Å². The molecule has 0 spiro atoms. The number of nitrogens with one attached hydrogen (secondary N) is 2. The van der Waals surface area contributed by atoms with Crippen molar-refractivity contribution in [1.29, 1.82) is 0 Å². The van der Waals surface area contributed by atoms with Gasteiger partial charge in [0.05, 0.1) is 13.7 Å². The third kappa shape index (κ3) is 5.18. The maximum atomic E-state index is 12.6. The standard InChI is InChI=1S/C17H25N3O5S/c1-11(2)18-16(21)10-20(3)17(22)12-5-8-14(25-4)15(9-12)26(23,24)19-13-6-7-13/h5,8-9,11,13,19H,6-7,10H2,1-4H3,(H,18,21). The molecule has 0 aromatic heterocycles. The Balaban J connectivity index is 2.22. The van der Waals surface area contributed by atoms with Gasteiger partial charge in [-0.15, -0.1) is 0 Å². The van der Waals surface area contributed by atoms with E-state index in [1.807, 2.05) is 13.8 Å². The number of hydrogen-bond acceptors (Lipinski definition) is 5. The van der Waals surface area contributed by atoms with Gasteiger partial charge in [-0.2, -0.15) is 0 Å². The van der Waals surface area contributed by atoms with Gasteiger partial charge in [0, 0.05) is 24.7 Å². The van der Waals surface area contributed by atoms with E-state index in [9.17, 15) is 18.0 Å². The first-order chi connectivity index (χ1) is 12.1. The zero-order chi connectivity index (χ0) is 19.5. The van der Waals surface area contributed by atoms with E-state index in [4.69, 9.17) is 4.74 Å². The van der Waals surface area contributed by atoms with Crippen LogP contribution in [0.1, 0.15) is 37.0 Å². The van der Waals surface area contributed by atoms with Crippen molar-refractivity contribution in [3.05, 3.63) is 23.8 Å². The molecule has 144 valence electrons. The van der Waals surface area contributed by atoms with E-state index in [1.165, 1.54) is 37.3 Å². The minimum Gasteiger partial charge on any atom is -0.495 e. The molecular formula is C17H25N3O5S. The number of ether oxygens (including phenoxy) is 1. The van der Waals surface area contributed by atoms with Crippen LogP contribution in [-0.2, 0) is 14.8 Å². The van der Waals surface area contributed by atoms with Crippen LogP contribution in [-0.4, -0.2) is 57.9 Å². The summed E-state index contributed by atoms with van der Waals surface area (Å²) in [6.07, 6.45) is 1.60. The lowest BCUT2D eigenvalue weighted by molar-refractivity contribution is -0.122. The van der Waals surface area contributed by atoms with E-state index < -0.39 is 15.9 Å². The van der Waals surface area contributed by atoms with Crippen molar-refractivity contribution in [1.82, 2.24) is 14.9 Å². The molecule has 1 aliphatic rings. The highest BCUT2D eigenvalue weighted by molar-refractivity contribution is 7.89. The number of rotatable bonds is 8. The maximum absolute atomic E-state index is 12.6. The van der Waals surface area contributed by atoms with Crippen LogP contribution < -0.4 is 14.8 Å². The van der Waals surface area contributed by atoms with Crippen LogP contribution in [0.5, 0.6) is 5.75 Å². The molecule has 0 aliphatic heterocycles. The molecule has 1 aliphatic carbocycles. The van der Waals surface area contributed by atoms with Gasteiger partial charge in [-0.1, -0.05) is 0 Å². The van der Waals surface area contributed by atoms with Crippen molar-refractivity contribution in [3.8, 4) is 5.75 Å². The summed E-state index contributed by atoms with van der Waals surface area (Å²) in [6.45, 7) is 3.53. The highest BCUT2D eigenvalue weighted by Crippen LogP contribution is 2.28. The molecule has 0 saturated heterocycles. The number of methoxy groups -OCH3 is 1. The molecule has 1 fully saturated rings. The molecule has 0 heterocycles. The van der Waals surface area contributed by atoms with E-state index in [-0.39, 0.29) is 40.7 Å². The summed E-state index contributed by atoms with van der Waals surface area (Å²) < 4.78 is 32.8.